The lowest BCUT2D eigenvalue weighted by molar-refractivity contribution is 0.270. The molecule has 0 spiro atoms. The minimum Gasteiger partial charge on any atom is -0.373 e. The lowest BCUT2D eigenvalue weighted by Crippen LogP contribution is -2.38. The molecule has 1 aliphatic rings. The van der Waals surface area contributed by atoms with Crippen molar-refractivity contribution in [3.63, 3.8) is 0 Å². The van der Waals surface area contributed by atoms with Crippen molar-refractivity contribution >= 4 is 5.69 Å². The van der Waals surface area contributed by atoms with Crippen LogP contribution in [0.4, 0.5) is 10.1 Å². The van der Waals surface area contributed by atoms with E-state index < -0.39 is 0 Å². The van der Waals surface area contributed by atoms with Crippen LogP contribution in [-0.4, -0.2) is 44.7 Å². The molecule has 1 fully saturated rings. The quantitative estimate of drug-likeness (QED) is 0.863. The van der Waals surface area contributed by atoms with Gasteiger partial charge in [-0.2, -0.15) is 0 Å². The molecule has 0 aliphatic carbocycles. The maximum absolute atomic E-state index is 13.7. The molecular formula is C16H26FN3. The van der Waals surface area contributed by atoms with E-state index in [0.717, 1.165) is 24.3 Å². The van der Waals surface area contributed by atoms with Gasteiger partial charge in [-0.15, -0.1) is 0 Å². The van der Waals surface area contributed by atoms with Crippen molar-refractivity contribution in [1.82, 2.24) is 10.2 Å². The van der Waals surface area contributed by atoms with Crippen LogP contribution in [-0.2, 0) is 6.54 Å². The molecule has 4 heteroatoms. The van der Waals surface area contributed by atoms with Gasteiger partial charge in [-0.25, -0.2) is 4.39 Å². The van der Waals surface area contributed by atoms with E-state index in [1.807, 2.05) is 7.05 Å². The maximum Gasteiger partial charge on any atom is 0.125 e. The van der Waals surface area contributed by atoms with Crippen LogP contribution in [0.15, 0.2) is 18.2 Å². The van der Waals surface area contributed by atoms with Gasteiger partial charge in [0.1, 0.15) is 5.82 Å². The van der Waals surface area contributed by atoms with Crippen molar-refractivity contribution < 1.29 is 4.39 Å². The summed E-state index contributed by atoms with van der Waals surface area (Å²) in [5, 5.41) is 3.07. The summed E-state index contributed by atoms with van der Waals surface area (Å²) in [5.74, 6) is -0.154. The highest BCUT2D eigenvalue weighted by molar-refractivity contribution is 5.48. The second-order valence-corrected chi connectivity index (χ2v) is 5.65. The van der Waals surface area contributed by atoms with Gasteiger partial charge in [0.15, 0.2) is 0 Å². The van der Waals surface area contributed by atoms with Gasteiger partial charge in [0.05, 0.1) is 0 Å². The highest BCUT2D eigenvalue weighted by atomic mass is 19.1. The van der Waals surface area contributed by atoms with E-state index in [9.17, 15) is 4.39 Å². The molecule has 1 saturated heterocycles. The average Bonchev–Trinajstić information content (AvgIpc) is 2.85. The van der Waals surface area contributed by atoms with E-state index in [2.05, 4.69) is 35.2 Å². The Hall–Kier alpha value is -1.13. The molecule has 1 aromatic carbocycles. The summed E-state index contributed by atoms with van der Waals surface area (Å²) in [7, 11) is 3.94. The third-order valence-corrected chi connectivity index (χ3v) is 4.15. The molecule has 1 unspecified atom stereocenters. The normalized spacial score (nSPS) is 19.5. The van der Waals surface area contributed by atoms with Crippen LogP contribution in [0.25, 0.3) is 0 Å². The zero-order valence-electron chi connectivity index (χ0n) is 12.8. The number of anilines is 1. The summed E-state index contributed by atoms with van der Waals surface area (Å²) in [6.45, 7) is 6.18. The molecule has 1 aliphatic heterocycles. The molecule has 2 rings (SSSR count). The summed E-state index contributed by atoms with van der Waals surface area (Å²) in [6, 6.07) is 5.90. The Morgan fingerprint density at radius 3 is 2.90 bits per heavy atom. The van der Waals surface area contributed by atoms with Crippen LogP contribution in [0.1, 0.15) is 25.3 Å². The molecule has 112 valence electrons. The first kappa shape index (κ1) is 15.3. The molecule has 0 saturated carbocycles. The Balaban J connectivity index is 2.06. The molecule has 1 atom stereocenters. The maximum atomic E-state index is 13.7. The lowest BCUT2D eigenvalue weighted by atomic mass is 10.1. The monoisotopic (exact) mass is 279 g/mol. The molecule has 0 aromatic heterocycles. The fourth-order valence-electron chi connectivity index (χ4n) is 3.10. The van der Waals surface area contributed by atoms with E-state index in [4.69, 9.17) is 0 Å². The van der Waals surface area contributed by atoms with E-state index in [-0.39, 0.29) is 5.82 Å². The highest BCUT2D eigenvalue weighted by Gasteiger charge is 2.24. The largest absolute Gasteiger partial charge is 0.373 e. The second-order valence-electron chi connectivity index (χ2n) is 5.65. The van der Waals surface area contributed by atoms with Crippen LogP contribution >= 0.6 is 0 Å². The van der Waals surface area contributed by atoms with Gasteiger partial charge in [0, 0.05) is 31.9 Å². The molecule has 0 radical (unpaired) electrons. The minimum absolute atomic E-state index is 0.154. The van der Waals surface area contributed by atoms with Crippen LogP contribution in [0, 0.1) is 5.82 Å². The van der Waals surface area contributed by atoms with Crippen LogP contribution < -0.4 is 10.2 Å². The Kier molecular flexibility index (Phi) is 5.38. The van der Waals surface area contributed by atoms with E-state index >= 15 is 0 Å². The minimum atomic E-state index is -0.154. The zero-order valence-corrected chi connectivity index (χ0v) is 12.8. The van der Waals surface area contributed by atoms with Gasteiger partial charge in [-0.1, -0.05) is 6.92 Å². The van der Waals surface area contributed by atoms with E-state index in [1.54, 1.807) is 12.1 Å². The van der Waals surface area contributed by atoms with Crippen molar-refractivity contribution in [2.24, 2.45) is 0 Å². The Labute approximate surface area is 121 Å². The summed E-state index contributed by atoms with van der Waals surface area (Å²) >= 11 is 0. The Morgan fingerprint density at radius 1 is 1.40 bits per heavy atom. The Morgan fingerprint density at radius 2 is 2.20 bits per heavy atom. The fourth-order valence-corrected chi connectivity index (χ4v) is 3.10. The van der Waals surface area contributed by atoms with Crippen molar-refractivity contribution in [3.8, 4) is 0 Å². The number of nitrogens with zero attached hydrogens (tertiary/aromatic N) is 2. The highest BCUT2D eigenvalue weighted by Crippen LogP contribution is 2.22. The third kappa shape index (κ3) is 3.70. The van der Waals surface area contributed by atoms with Gasteiger partial charge in [0.2, 0.25) is 0 Å². The molecule has 1 aromatic rings. The summed E-state index contributed by atoms with van der Waals surface area (Å²) in [5.41, 5.74) is 1.96. The number of benzene rings is 1. The van der Waals surface area contributed by atoms with Crippen LogP contribution in [0.3, 0.4) is 0 Å². The predicted octanol–water partition coefficient (Wildman–Crippen LogP) is 2.47. The van der Waals surface area contributed by atoms with Crippen molar-refractivity contribution in [3.05, 3.63) is 29.6 Å². The number of hydrogen-bond acceptors (Lipinski definition) is 3. The number of halogens is 1. The smallest absolute Gasteiger partial charge is 0.125 e. The molecule has 20 heavy (non-hydrogen) atoms. The topological polar surface area (TPSA) is 18.5 Å². The number of likely N-dealkylation sites (N-methyl/N-ethyl adjacent to an activating group) is 2. The number of likely N-dealkylation sites (tertiary alicyclic amines) is 1. The average molecular weight is 279 g/mol. The lowest BCUT2D eigenvalue weighted by Gasteiger charge is -2.29. The van der Waals surface area contributed by atoms with Gasteiger partial charge in [-0.05, 0) is 56.7 Å². The van der Waals surface area contributed by atoms with Gasteiger partial charge >= 0.3 is 0 Å². The van der Waals surface area contributed by atoms with Gasteiger partial charge < -0.3 is 10.2 Å². The summed E-state index contributed by atoms with van der Waals surface area (Å²) in [6.07, 6.45) is 2.53. The summed E-state index contributed by atoms with van der Waals surface area (Å²) < 4.78 is 13.7. The van der Waals surface area contributed by atoms with Crippen molar-refractivity contribution in [1.29, 1.82) is 0 Å². The van der Waals surface area contributed by atoms with E-state index in [0.29, 0.717) is 12.6 Å². The summed E-state index contributed by atoms with van der Waals surface area (Å²) in [4.78, 5) is 4.70. The van der Waals surface area contributed by atoms with Crippen molar-refractivity contribution in [2.75, 3.05) is 38.6 Å². The first-order valence-corrected chi connectivity index (χ1v) is 7.53. The van der Waals surface area contributed by atoms with E-state index in [1.165, 1.54) is 19.4 Å². The predicted molar refractivity (Wildman–Crippen MR) is 82.7 cm³/mol. The van der Waals surface area contributed by atoms with Crippen LogP contribution in [0.5, 0.6) is 0 Å². The standard InChI is InChI=1S/C16H26FN3/c1-4-20-7-5-6-15(20)12-19(3)16-9-13(11-18-2)8-14(17)10-16/h8-10,15,18H,4-7,11-12H2,1-3H3. The molecule has 0 bridgehead atoms. The number of nitrogens with one attached hydrogen (secondary N) is 1. The van der Waals surface area contributed by atoms with Crippen LogP contribution in [0.2, 0.25) is 0 Å². The molecule has 1 heterocycles. The number of hydrogen-bond donors (Lipinski definition) is 1. The van der Waals surface area contributed by atoms with Crippen molar-refractivity contribution in [2.45, 2.75) is 32.4 Å². The van der Waals surface area contributed by atoms with Gasteiger partial charge in [-0.3, -0.25) is 4.90 Å². The van der Waals surface area contributed by atoms with Gasteiger partial charge in [0.25, 0.3) is 0 Å². The molecular weight excluding hydrogens is 253 g/mol. The molecule has 3 nitrogen and oxygen atoms in total. The first-order valence-electron chi connectivity index (χ1n) is 7.53. The third-order valence-electron chi connectivity index (χ3n) is 4.15. The first-order chi connectivity index (χ1) is 9.63. The fraction of sp³-hybridized carbons (Fsp3) is 0.625. The SMILES string of the molecule is CCN1CCCC1CN(C)c1cc(F)cc(CNC)c1. The Bertz CT molecular complexity index is 436. The molecule has 0 amide bonds. The second kappa shape index (κ2) is 7.04. The zero-order chi connectivity index (χ0) is 14.5. The number of rotatable bonds is 6. The molecule has 1 N–H and O–H groups in total.